The zero-order chi connectivity index (χ0) is 33.2. The van der Waals surface area contributed by atoms with Gasteiger partial charge in [-0.25, -0.2) is 19.6 Å². The Kier molecular flexibility index (Phi) is 15.7. The van der Waals surface area contributed by atoms with Crippen LogP contribution in [-0.2, 0) is 11.2 Å². The Morgan fingerprint density at radius 2 is 1.17 bits per heavy atom. The fourth-order valence-corrected chi connectivity index (χ4v) is 5.10. The highest BCUT2D eigenvalue weighted by Gasteiger charge is 2.42. The van der Waals surface area contributed by atoms with Crippen molar-refractivity contribution in [1.29, 1.82) is 0 Å². The fraction of sp³-hybridized carbons (Fsp3) is 0.514. The molecule has 0 fully saturated rings. The van der Waals surface area contributed by atoms with Gasteiger partial charge in [0.25, 0.3) is 0 Å². The van der Waals surface area contributed by atoms with Crippen molar-refractivity contribution in [3.63, 3.8) is 0 Å². The molecule has 3 aromatic rings. The van der Waals surface area contributed by atoms with Gasteiger partial charge in [-0.05, 0) is 67.6 Å². The van der Waals surface area contributed by atoms with E-state index < -0.39 is 24.2 Å². The number of rotatable bonds is 20. The standard InChI is InChI=1S/C37H47F3N2O4/c1-3-5-7-9-10-11-12-13-14-16-28-26-41-34(42-27-28)29-18-20-30(21-19-29)35(43)45-32-24-22-31(23-25-32)36(44)46-33(37(38,39)40)17-15-8-6-4-2/h18-27,33H,3-17H2,1-2H3/t33-/m0/s1. The molecule has 0 saturated carbocycles. The second kappa shape index (κ2) is 19.7. The summed E-state index contributed by atoms with van der Waals surface area (Å²) in [4.78, 5) is 34.1. The largest absolute Gasteiger partial charge is 0.449 e. The maximum absolute atomic E-state index is 13.4. The molecule has 1 aromatic heterocycles. The monoisotopic (exact) mass is 640 g/mol. The Labute approximate surface area is 271 Å². The quantitative estimate of drug-likeness (QED) is 0.0695. The number of carbonyl (C=O) groups is 2. The van der Waals surface area contributed by atoms with Crippen molar-refractivity contribution in [2.45, 2.75) is 122 Å². The van der Waals surface area contributed by atoms with Gasteiger partial charge in [0.1, 0.15) is 5.75 Å². The molecule has 1 atom stereocenters. The first-order chi connectivity index (χ1) is 22.2. The molecule has 9 heteroatoms. The number of benzene rings is 2. The van der Waals surface area contributed by atoms with E-state index in [9.17, 15) is 22.8 Å². The molecule has 1 heterocycles. The maximum Gasteiger partial charge on any atom is 0.425 e. The van der Waals surface area contributed by atoms with Gasteiger partial charge in [-0.2, -0.15) is 13.2 Å². The van der Waals surface area contributed by atoms with Gasteiger partial charge >= 0.3 is 18.1 Å². The summed E-state index contributed by atoms with van der Waals surface area (Å²) in [6, 6.07) is 11.9. The summed E-state index contributed by atoms with van der Waals surface area (Å²) in [6.45, 7) is 4.20. The van der Waals surface area contributed by atoms with Crippen molar-refractivity contribution in [1.82, 2.24) is 9.97 Å². The van der Waals surface area contributed by atoms with Gasteiger partial charge in [0, 0.05) is 18.0 Å². The summed E-state index contributed by atoms with van der Waals surface area (Å²) in [7, 11) is 0. The lowest BCUT2D eigenvalue weighted by Crippen LogP contribution is -2.33. The Morgan fingerprint density at radius 1 is 0.674 bits per heavy atom. The number of aromatic nitrogens is 2. The van der Waals surface area contributed by atoms with E-state index in [-0.39, 0.29) is 17.7 Å². The van der Waals surface area contributed by atoms with E-state index >= 15 is 0 Å². The van der Waals surface area contributed by atoms with Crippen molar-refractivity contribution in [2.75, 3.05) is 0 Å². The Balaban J connectivity index is 1.45. The van der Waals surface area contributed by atoms with Crippen LogP contribution < -0.4 is 4.74 Å². The number of esters is 2. The molecule has 0 amide bonds. The summed E-state index contributed by atoms with van der Waals surface area (Å²) in [6.07, 6.45) is 11.8. The molecule has 2 aromatic carbocycles. The van der Waals surface area contributed by atoms with Gasteiger partial charge in [-0.15, -0.1) is 0 Å². The lowest BCUT2D eigenvalue weighted by molar-refractivity contribution is -0.206. The highest BCUT2D eigenvalue weighted by Crippen LogP contribution is 2.28. The van der Waals surface area contributed by atoms with Crippen LogP contribution in [0.2, 0.25) is 0 Å². The minimum atomic E-state index is -4.64. The SMILES string of the molecule is CCCCCCCCCCCc1cnc(-c2ccc(C(=O)Oc3ccc(C(=O)O[C@@H](CCCCCC)C(F)(F)F)cc3)cc2)nc1. The third-order valence-electron chi connectivity index (χ3n) is 7.89. The molecular formula is C37H47F3N2O4. The number of aryl methyl sites for hydroxylation is 1. The number of alkyl halides is 3. The average Bonchev–Trinajstić information content (AvgIpc) is 3.05. The number of hydrogen-bond donors (Lipinski definition) is 0. The Bertz CT molecular complexity index is 1310. The maximum atomic E-state index is 13.4. The van der Waals surface area contributed by atoms with Crippen molar-refractivity contribution in [2.24, 2.45) is 0 Å². The Morgan fingerprint density at radius 3 is 1.74 bits per heavy atom. The smallest absolute Gasteiger partial charge is 0.425 e. The zero-order valence-corrected chi connectivity index (χ0v) is 27.1. The second-order valence-corrected chi connectivity index (χ2v) is 11.8. The minimum absolute atomic E-state index is 0.0638. The molecule has 3 rings (SSSR count). The van der Waals surface area contributed by atoms with E-state index in [1.807, 2.05) is 19.3 Å². The number of unbranched alkanes of at least 4 members (excludes halogenated alkanes) is 11. The fourth-order valence-electron chi connectivity index (χ4n) is 5.10. The van der Waals surface area contributed by atoms with E-state index in [4.69, 9.17) is 9.47 Å². The van der Waals surface area contributed by atoms with Crippen molar-refractivity contribution >= 4 is 11.9 Å². The van der Waals surface area contributed by atoms with Crippen LogP contribution in [0.5, 0.6) is 5.75 Å². The summed E-state index contributed by atoms with van der Waals surface area (Å²) in [5.41, 5.74) is 2.10. The molecule has 250 valence electrons. The molecule has 0 aliphatic rings. The van der Waals surface area contributed by atoms with Crippen molar-refractivity contribution in [3.8, 4) is 17.1 Å². The van der Waals surface area contributed by atoms with E-state index in [2.05, 4.69) is 16.9 Å². The molecule has 0 unspecified atom stereocenters. The topological polar surface area (TPSA) is 78.4 Å². The number of halogens is 3. The molecule has 0 aliphatic heterocycles. The van der Waals surface area contributed by atoms with Crippen LogP contribution in [0.1, 0.15) is 130 Å². The molecule has 0 N–H and O–H groups in total. The molecule has 0 saturated heterocycles. The first-order valence-electron chi connectivity index (χ1n) is 16.7. The van der Waals surface area contributed by atoms with Gasteiger partial charge in [-0.3, -0.25) is 0 Å². The highest BCUT2D eigenvalue weighted by atomic mass is 19.4. The van der Waals surface area contributed by atoms with Crippen molar-refractivity contribution in [3.05, 3.63) is 77.6 Å². The normalized spacial score (nSPS) is 12.1. The summed E-state index contributed by atoms with van der Waals surface area (Å²) < 4.78 is 50.3. The molecule has 46 heavy (non-hydrogen) atoms. The molecule has 6 nitrogen and oxygen atoms in total. The predicted octanol–water partition coefficient (Wildman–Crippen LogP) is 10.5. The van der Waals surface area contributed by atoms with Gasteiger partial charge in [-0.1, -0.05) is 96.6 Å². The number of ether oxygens (including phenoxy) is 2. The van der Waals surface area contributed by atoms with Crippen LogP contribution in [0, 0.1) is 0 Å². The van der Waals surface area contributed by atoms with Crippen molar-refractivity contribution < 1.29 is 32.2 Å². The number of nitrogens with zero attached hydrogens (tertiary/aromatic N) is 2. The molecule has 0 aliphatic carbocycles. The number of hydrogen-bond acceptors (Lipinski definition) is 6. The molecule has 0 bridgehead atoms. The third kappa shape index (κ3) is 12.9. The Hall–Kier alpha value is -3.75. The molecular weight excluding hydrogens is 593 g/mol. The van der Waals surface area contributed by atoms with E-state index in [0.29, 0.717) is 24.2 Å². The van der Waals surface area contributed by atoms with E-state index in [1.54, 1.807) is 24.3 Å². The van der Waals surface area contributed by atoms with Crippen LogP contribution in [0.4, 0.5) is 13.2 Å². The van der Waals surface area contributed by atoms with Crippen LogP contribution in [-0.4, -0.2) is 34.2 Å². The third-order valence-corrected chi connectivity index (χ3v) is 7.89. The average molecular weight is 641 g/mol. The van der Waals surface area contributed by atoms with Crippen LogP contribution in [0.15, 0.2) is 60.9 Å². The first-order valence-corrected chi connectivity index (χ1v) is 16.7. The van der Waals surface area contributed by atoms with Gasteiger partial charge in [0.2, 0.25) is 0 Å². The minimum Gasteiger partial charge on any atom is -0.449 e. The lowest BCUT2D eigenvalue weighted by atomic mass is 10.1. The van der Waals surface area contributed by atoms with Gasteiger partial charge in [0.15, 0.2) is 11.9 Å². The van der Waals surface area contributed by atoms with E-state index in [1.165, 1.54) is 75.6 Å². The highest BCUT2D eigenvalue weighted by molar-refractivity contribution is 5.92. The van der Waals surface area contributed by atoms with Crippen LogP contribution in [0.3, 0.4) is 0 Å². The zero-order valence-electron chi connectivity index (χ0n) is 27.1. The summed E-state index contributed by atoms with van der Waals surface area (Å²) >= 11 is 0. The summed E-state index contributed by atoms with van der Waals surface area (Å²) in [5.74, 6) is -0.997. The van der Waals surface area contributed by atoms with Gasteiger partial charge < -0.3 is 9.47 Å². The predicted molar refractivity (Wildman–Crippen MR) is 174 cm³/mol. The first kappa shape index (κ1) is 36.7. The lowest BCUT2D eigenvalue weighted by Gasteiger charge is -2.20. The molecule has 0 radical (unpaired) electrons. The number of carbonyl (C=O) groups excluding carboxylic acids is 2. The van der Waals surface area contributed by atoms with E-state index in [0.717, 1.165) is 36.8 Å². The summed E-state index contributed by atoms with van der Waals surface area (Å²) in [5, 5.41) is 0. The molecule has 0 spiro atoms. The second-order valence-electron chi connectivity index (χ2n) is 11.8. The van der Waals surface area contributed by atoms with Crippen LogP contribution in [0.25, 0.3) is 11.4 Å². The van der Waals surface area contributed by atoms with Crippen LogP contribution >= 0.6 is 0 Å². The van der Waals surface area contributed by atoms with Gasteiger partial charge in [0.05, 0.1) is 11.1 Å².